The second kappa shape index (κ2) is 36.3. The number of allylic oxidation sites excluding steroid dienone is 10. The fourth-order valence-electron chi connectivity index (χ4n) is 7.65. The smallest absolute Gasteiger partial charge is 0.462 e. The molecule has 2 aliphatic rings. The van der Waals surface area contributed by atoms with E-state index in [1.807, 2.05) is 6.92 Å². The van der Waals surface area contributed by atoms with Crippen molar-refractivity contribution in [3.63, 3.8) is 0 Å². The Labute approximate surface area is 418 Å². The van der Waals surface area contributed by atoms with Crippen molar-refractivity contribution in [1.29, 1.82) is 0 Å². The van der Waals surface area contributed by atoms with Gasteiger partial charge in [0, 0.05) is 25.2 Å². The molecule has 408 valence electrons. The van der Waals surface area contributed by atoms with Crippen molar-refractivity contribution < 1.29 is 96.9 Å². The molecule has 2 aliphatic heterocycles. The highest BCUT2D eigenvalue weighted by Gasteiger charge is 2.50. The van der Waals surface area contributed by atoms with Crippen LogP contribution in [0.4, 0.5) is 0 Å². The molecule has 2 rings (SSSR count). The number of unbranched alkanes of at least 4 members (excludes halogenated alkanes) is 6. The summed E-state index contributed by atoms with van der Waals surface area (Å²) in [5.74, 6) is -2.90. The van der Waals surface area contributed by atoms with Gasteiger partial charge < -0.3 is 64.6 Å². The van der Waals surface area contributed by atoms with Gasteiger partial charge in [-0.3, -0.25) is 23.2 Å². The van der Waals surface area contributed by atoms with Gasteiger partial charge in [0.2, 0.25) is 0 Å². The van der Waals surface area contributed by atoms with Crippen LogP contribution in [0.15, 0.2) is 72.9 Å². The number of phosphoric acid groups is 2. The molecule has 2 bridgehead atoms. The van der Waals surface area contributed by atoms with Gasteiger partial charge in [-0.05, 0) is 70.6 Å². The SMILES string of the molecule is CC/C=C\C/C=C\C/C=C\C/C=C\CCCCCCC(=O)OC[C@@H]1COP(=O)(O)O[C@H]2[C@H](O)[C@@H](O)[C@H](O)[C@@H](C/C=C\CCCC(=O)O1)[C@@H](O)CC(O)O[C@H](C=C[C@@H](O)CCCCC)[C@@H](O)[C@H]2OP(=O)(O)O. The molecular formula is C49H82O20P2. The van der Waals surface area contributed by atoms with Crippen LogP contribution >= 0.6 is 15.6 Å². The second-order valence-electron chi connectivity index (χ2n) is 17.7. The number of phosphoric ester groups is 2. The van der Waals surface area contributed by atoms with Crippen LogP contribution in [-0.2, 0) is 46.5 Å². The highest BCUT2D eigenvalue weighted by molar-refractivity contribution is 7.47. The molecular weight excluding hydrogens is 970 g/mol. The third-order valence-corrected chi connectivity index (χ3v) is 13.1. The molecule has 0 radical (unpaired) electrons. The predicted molar refractivity (Wildman–Crippen MR) is 263 cm³/mol. The Morgan fingerprint density at radius 1 is 0.859 bits per heavy atom. The van der Waals surface area contributed by atoms with Gasteiger partial charge in [-0.15, -0.1) is 0 Å². The lowest BCUT2D eigenvalue weighted by molar-refractivity contribution is -0.210. The average Bonchev–Trinajstić information content (AvgIpc) is 3.31. The minimum atomic E-state index is -5.80. The monoisotopic (exact) mass is 1050 g/mol. The largest absolute Gasteiger partial charge is 0.472 e. The molecule has 0 amide bonds. The fraction of sp³-hybridized carbons (Fsp3) is 0.714. The Hall–Kier alpha value is -2.72. The summed E-state index contributed by atoms with van der Waals surface area (Å²) in [6, 6.07) is 0. The van der Waals surface area contributed by atoms with Crippen molar-refractivity contribution in [3.8, 4) is 0 Å². The van der Waals surface area contributed by atoms with E-state index in [9.17, 15) is 69.1 Å². The molecule has 0 aromatic heterocycles. The van der Waals surface area contributed by atoms with E-state index in [0.717, 1.165) is 76.4 Å². The van der Waals surface area contributed by atoms with Crippen LogP contribution in [0.1, 0.15) is 136 Å². The lowest BCUT2D eigenvalue weighted by Gasteiger charge is -2.41. The van der Waals surface area contributed by atoms with Crippen molar-refractivity contribution in [2.45, 2.75) is 203 Å². The molecule has 1 saturated heterocycles. The fourth-order valence-corrected chi connectivity index (χ4v) is 9.18. The van der Waals surface area contributed by atoms with Gasteiger partial charge in [0.05, 0.1) is 24.9 Å². The normalized spacial score (nSPS) is 31.5. The number of cyclic esters (lactones) is 1. The van der Waals surface area contributed by atoms with Crippen molar-refractivity contribution in [3.05, 3.63) is 72.9 Å². The van der Waals surface area contributed by atoms with Crippen LogP contribution in [0, 0.1) is 5.92 Å². The second-order valence-corrected chi connectivity index (χ2v) is 20.3. The number of carbonyl (C=O) groups excluding carboxylic acids is 2. The lowest BCUT2D eigenvalue weighted by atomic mass is 9.83. The van der Waals surface area contributed by atoms with Gasteiger partial charge in [0.15, 0.2) is 12.4 Å². The number of esters is 2. The van der Waals surface area contributed by atoms with Crippen LogP contribution in [0.25, 0.3) is 0 Å². The van der Waals surface area contributed by atoms with E-state index in [1.54, 1.807) is 6.08 Å². The van der Waals surface area contributed by atoms with E-state index in [-0.39, 0.29) is 38.5 Å². The molecule has 71 heavy (non-hydrogen) atoms. The maximum Gasteiger partial charge on any atom is 0.472 e. The Balaban J connectivity index is 2.29. The number of fused-ring (bicyclic) bond motifs is 4. The molecule has 2 unspecified atom stereocenters. The first-order chi connectivity index (χ1) is 33.8. The van der Waals surface area contributed by atoms with Gasteiger partial charge >= 0.3 is 27.6 Å². The third kappa shape index (κ3) is 28.5. The van der Waals surface area contributed by atoms with Crippen LogP contribution in [0.2, 0.25) is 0 Å². The maximum absolute atomic E-state index is 13.7. The van der Waals surface area contributed by atoms with E-state index >= 15 is 0 Å². The molecule has 10 N–H and O–H groups in total. The zero-order chi connectivity index (χ0) is 52.7. The number of hydrogen-bond acceptors (Lipinski definition) is 17. The first-order valence-corrected chi connectivity index (χ1v) is 27.9. The highest BCUT2D eigenvalue weighted by Crippen LogP contribution is 2.49. The van der Waals surface area contributed by atoms with Gasteiger partial charge in [0.1, 0.15) is 43.2 Å². The first-order valence-electron chi connectivity index (χ1n) is 24.9. The topological polar surface area (TPSA) is 326 Å². The van der Waals surface area contributed by atoms with E-state index in [0.29, 0.717) is 12.8 Å². The summed E-state index contributed by atoms with van der Waals surface area (Å²) in [6.07, 6.45) is 8.08. The van der Waals surface area contributed by atoms with Gasteiger partial charge in [-0.25, -0.2) is 9.13 Å². The summed E-state index contributed by atoms with van der Waals surface area (Å²) >= 11 is 0. The zero-order valence-corrected chi connectivity index (χ0v) is 42.9. The Kier molecular flexibility index (Phi) is 32.9. The molecule has 22 heteroatoms. The van der Waals surface area contributed by atoms with Crippen LogP contribution in [0.5, 0.6) is 0 Å². The predicted octanol–water partition coefficient (Wildman–Crippen LogP) is 5.72. The molecule has 1 fully saturated rings. The standard InChI is InChI=1S/C49H82O20P2/c1-3-5-7-8-9-10-11-12-13-14-15-16-17-18-19-20-25-29-41(52)64-34-37-35-65-71(62,63)69-49-47(58)46(57)44(55)38(28-24-21-22-26-30-42(53)66-37)39(51)33-43(54)67-40(32-31-36(50)27-23-6-4-2)45(56)48(49)68-70(59,60)61/h5,7,9-10,12-13,15-16,21,24,31-32,36-40,43-51,54-58H,3-4,6,8,11,14,17-20,22-23,25-30,33-35H2,1-2H3,(H,62,63)(H2,59,60,61)/b7-5-,10-9-,13-12-,16-15-,24-21-,32-31?/t36-,37+,38-,39-,40+,43?,44+,45+,46-,47+,48+,49-/m0/s1. The van der Waals surface area contributed by atoms with E-state index in [1.165, 1.54) is 6.08 Å². The minimum Gasteiger partial charge on any atom is -0.462 e. The Morgan fingerprint density at radius 3 is 2.18 bits per heavy atom. The number of rotatable bonds is 24. The molecule has 2 heterocycles. The molecule has 0 aromatic carbocycles. The zero-order valence-electron chi connectivity index (χ0n) is 41.2. The molecule has 0 saturated carbocycles. The van der Waals surface area contributed by atoms with Crippen molar-refractivity contribution in [2.75, 3.05) is 13.2 Å². The van der Waals surface area contributed by atoms with Gasteiger partial charge in [-0.2, -0.15) is 0 Å². The molecule has 0 aliphatic carbocycles. The number of hydrogen-bond donors (Lipinski definition) is 10. The summed E-state index contributed by atoms with van der Waals surface area (Å²) in [7, 11) is -11.5. The Bertz CT molecular complexity index is 1760. The molecule has 0 aromatic rings. The summed E-state index contributed by atoms with van der Waals surface area (Å²) in [6.45, 7) is 2.40. The summed E-state index contributed by atoms with van der Waals surface area (Å²) in [5.41, 5.74) is 0. The lowest BCUT2D eigenvalue weighted by Crippen LogP contribution is -2.58. The Morgan fingerprint density at radius 2 is 1.52 bits per heavy atom. The third-order valence-electron chi connectivity index (χ3n) is 11.6. The van der Waals surface area contributed by atoms with Crippen molar-refractivity contribution in [2.24, 2.45) is 5.92 Å². The maximum atomic E-state index is 13.7. The van der Waals surface area contributed by atoms with Crippen molar-refractivity contribution in [1.82, 2.24) is 0 Å². The van der Waals surface area contributed by atoms with Crippen LogP contribution < -0.4 is 0 Å². The quantitative estimate of drug-likeness (QED) is 0.0239. The number of aliphatic hydroxyl groups excluding tert-OH is 7. The summed E-state index contributed by atoms with van der Waals surface area (Å²) < 4.78 is 57.7. The van der Waals surface area contributed by atoms with E-state index in [4.69, 9.17) is 27.8 Å². The van der Waals surface area contributed by atoms with Crippen molar-refractivity contribution >= 4 is 27.6 Å². The number of ether oxygens (including phenoxy) is 3. The van der Waals surface area contributed by atoms with E-state index < -0.39 is 120 Å². The minimum absolute atomic E-state index is 0.0170. The molecule has 0 spiro atoms. The highest BCUT2D eigenvalue weighted by atomic mass is 31.2. The summed E-state index contributed by atoms with van der Waals surface area (Å²) in [5, 5.41) is 78.9. The van der Waals surface area contributed by atoms with Crippen LogP contribution in [0.3, 0.4) is 0 Å². The van der Waals surface area contributed by atoms with E-state index in [2.05, 4.69) is 55.5 Å². The summed E-state index contributed by atoms with van der Waals surface area (Å²) in [4.78, 5) is 56.8. The van der Waals surface area contributed by atoms with Gasteiger partial charge in [-0.1, -0.05) is 119 Å². The first kappa shape index (κ1) is 64.4. The molecule has 13 atom stereocenters. The number of carbonyl (C=O) groups is 2. The average molecular weight is 1050 g/mol. The van der Waals surface area contributed by atoms with Crippen LogP contribution in [-0.4, -0.2) is 143 Å². The van der Waals surface area contributed by atoms with Gasteiger partial charge in [0.25, 0.3) is 0 Å². The number of aliphatic hydroxyl groups is 7. The molecule has 20 nitrogen and oxygen atoms in total.